The topological polar surface area (TPSA) is 41.8 Å². The summed E-state index contributed by atoms with van der Waals surface area (Å²) in [6.45, 7) is 6.55. The van der Waals surface area contributed by atoms with E-state index < -0.39 is 0 Å². The predicted molar refractivity (Wildman–Crippen MR) is 76.5 cm³/mol. The molecule has 92 valence electrons. The van der Waals surface area contributed by atoms with Gasteiger partial charge in [0.15, 0.2) is 0 Å². The van der Waals surface area contributed by atoms with Crippen molar-refractivity contribution in [2.45, 2.75) is 31.8 Å². The summed E-state index contributed by atoms with van der Waals surface area (Å²) in [5.74, 6) is 0.941. The second-order valence-corrected chi connectivity index (χ2v) is 6.57. The molecule has 1 atom stereocenters. The molecule has 1 unspecified atom stereocenters. The average Bonchev–Trinajstić information content (AvgIpc) is 2.66. The Morgan fingerprint density at radius 1 is 1.29 bits per heavy atom. The second-order valence-electron chi connectivity index (χ2n) is 5.50. The first-order valence-corrected chi connectivity index (χ1v) is 6.91. The lowest BCUT2D eigenvalue weighted by molar-refractivity contribution is 0.344. The van der Waals surface area contributed by atoms with E-state index >= 15 is 0 Å². The molecule has 3 N–H and O–H groups in total. The fraction of sp³-hybridized carbons (Fsp3) is 0.429. The van der Waals surface area contributed by atoms with Crippen LogP contribution >= 0.6 is 11.8 Å². The van der Waals surface area contributed by atoms with Gasteiger partial charge in [-0.25, -0.2) is 0 Å². The van der Waals surface area contributed by atoms with Crippen LogP contribution in [0.4, 0.5) is 0 Å². The van der Waals surface area contributed by atoms with Gasteiger partial charge in [0.05, 0.1) is 5.03 Å². The van der Waals surface area contributed by atoms with Crippen LogP contribution in [0.2, 0.25) is 0 Å². The molecule has 0 saturated heterocycles. The number of thioether (sulfide) groups is 1. The van der Waals surface area contributed by atoms with Gasteiger partial charge in [0.1, 0.15) is 0 Å². The van der Waals surface area contributed by atoms with Crippen molar-refractivity contribution in [3.63, 3.8) is 0 Å². The van der Waals surface area contributed by atoms with Crippen LogP contribution < -0.4 is 5.73 Å². The van der Waals surface area contributed by atoms with Gasteiger partial charge in [0, 0.05) is 22.7 Å². The highest BCUT2D eigenvalue weighted by Gasteiger charge is 2.20. The molecule has 17 heavy (non-hydrogen) atoms. The summed E-state index contributed by atoms with van der Waals surface area (Å²) in [5, 5.41) is 2.46. The fourth-order valence-electron chi connectivity index (χ4n) is 1.55. The van der Waals surface area contributed by atoms with E-state index in [1.54, 1.807) is 11.8 Å². The zero-order chi connectivity index (χ0) is 12.5. The molecule has 0 aliphatic heterocycles. The standard InChI is InChI=1S/C14H20N2S/c1-14(2,3)12(15)9-17-13-8-10-6-4-5-7-11(10)16-13/h4-8,12,16H,9,15H2,1-3H3. The third-order valence-electron chi connectivity index (χ3n) is 3.04. The van der Waals surface area contributed by atoms with Gasteiger partial charge < -0.3 is 10.7 Å². The Kier molecular flexibility index (Phi) is 3.50. The summed E-state index contributed by atoms with van der Waals surface area (Å²) in [6.07, 6.45) is 0. The van der Waals surface area contributed by atoms with E-state index in [4.69, 9.17) is 5.73 Å². The summed E-state index contributed by atoms with van der Waals surface area (Å²) < 4.78 is 0. The Labute approximate surface area is 107 Å². The number of para-hydroxylation sites is 1. The summed E-state index contributed by atoms with van der Waals surface area (Å²) in [5.41, 5.74) is 7.52. The molecule has 0 amide bonds. The fourth-order valence-corrected chi connectivity index (χ4v) is 2.81. The molecule has 1 aromatic heterocycles. The summed E-state index contributed by atoms with van der Waals surface area (Å²) in [4.78, 5) is 3.41. The van der Waals surface area contributed by atoms with Gasteiger partial charge in [-0.05, 0) is 17.5 Å². The molecule has 1 aromatic carbocycles. The van der Waals surface area contributed by atoms with Crippen LogP contribution in [0.15, 0.2) is 35.4 Å². The summed E-state index contributed by atoms with van der Waals surface area (Å²) in [6, 6.07) is 10.7. The van der Waals surface area contributed by atoms with Gasteiger partial charge in [-0.1, -0.05) is 39.0 Å². The highest BCUT2D eigenvalue weighted by Crippen LogP contribution is 2.27. The molecule has 2 rings (SSSR count). The van der Waals surface area contributed by atoms with E-state index in [-0.39, 0.29) is 11.5 Å². The first-order chi connectivity index (χ1) is 7.97. The normalized spacial score (nSPS) is 14.1. The molecule has 0 aliphatic rings. The van der Waals surface area contributed by atoms with Crippen molar-refractivity contribution in [1.29, 1.82) is 0 Å². The highest BCUT2D eigenvalue weighted by molar-refractivity contribution is 7.99. The van der Waals surface area contributed by atoms with Crippen molar-refractivity contribution in [2.24, 2.45) is 11.1 Å². The molecule has 0 saturated carbocycles. The zero-order valence-corrected chi connectivity index (χ0v) is 11.5. The Bertz CT molecular complexity index is 463. The van der Waals surface area contributed by atoms with Gasteiger partial charge in [-0.2, -0.15) is 0 Å². The minimum absolute atomic E-state index is 0.166. The number of fused-ring (bicyclic) bond motifs is 1. The maximum absolute atomic E-state index is 6.16. The molecule has 2 aromatic rings. The van der Waals surface area contributed by atoms with Crippen LogP contribution in [0, 0.1) is 5.41 Å². The monoisotopic (exact) mass is 248 g/mol. The van der Waals surface area contributed by atoms with E-state index in [0.717, 1.165) is 5.75 Å². The van der Waals surface area contributed by atoms with E-state index in [9.17, 15) is 0 Å². The number of aromatic nitrogens is 1. The Morgan fingerprint density at radius 2 is 2.00 bits per heavy atom. The van der Waals surface area contributed by atoms with Crippen LogP contribution in [0.25, 0.3) is 10.9 Å². The lowest BCUT2D eigenvalue weighted by Crippen LogP contribution is -2.37. The Hall–Kier alpha value is -0.930. The molecule has 0 spiro atoms. The minimum atomic E-state index is 0.166. The second kappa shape index (κ2) is 4.75. The first kappa shape index (κ1) is 12.5. The third-order valence-corrected chi connectivity index (χ3v) is 4.09. The largest absolute Gasteiger partial charge is 0.350 e. The summed E-state index contributed by atoms with van der Waals surface area (Å²) in [7, 11) is 0. The van der Waals surface area contributed by atoms with Gasteiger partial charge >= 0.3 is 0 Å². The molecule has 2 nitrogen and oxygen atoms in total. The van der Waals surface area contributed by atoms with Crippen LogP contribution in [-0.2, 0) is 0 Å². The number of aromatic amines is 1. The maximum atomic E-state index is 6.16. The number of nitrogens with one attached hydrogen (secondary N) is 1. The van der Waals surface area contributed by atoms with Crippen molar-refractivity contribution in [3.05, 3.63) is 30.3 Å². The minimum Gasteiger partial charge on any atom is -0.350 e. The molecule has 3 heteroatoms. The molecule has 1 heterocycles. The molecule has 0 radical (unpaired) electrons. The number of H-pyrrole nitrogens is 1. The molecule has 0 fully saturated rings. The SMILES string of the molecule is CC(C)(C)C(N)CSc1cc2ccccc2[nH]1. The van der Waals surface area contributed by atoms with Crippen LogP contribution in [-0.4, -0.2) is 16.8 Å². The van der Waals surface area contributed by atoms with Crippen molar-refractivity contribution >= 4 is 22.7 Å². The van der Waals surface area contributed by atoms with Crippen molar-refractivity contribution < 1.29 is 0 Å². The average molecular weight is 248 g/mol. The van der Waals surface area contributed by atoms with E-state index in [2.05, 4.69) is 50.0 Å². The maximum Gasteiger partial charge on any atom is 0.0733 e. The molecule has 0 aliphatic carbocycles. The predicted octanol–water partition coefficient (Wildman–Crippen LogP) is 3.63. The molecular weight excluding hydrogens is 228 g/mol. The van der Waals surface area contributed by atoms with Gasteiger partial charge in [0.2, 0.25) is 0 Å². The van der Waals surface area contributed by atoms with Crippen molar-refractivity contribution in [1.82, 2.24) is 4.98 Å². The van der Waals surface area contributed by atoms with E-state index in [0.29, 0.717) is 0 Å². The van der Waals surface area contributed by atoms with E-state index in [1.165, 1.54) is 15.9 Å². The first-order valence-electron chi connectivity index (χ1n) is 5.93. The lowest BCUT2D eigenvalue weighted by atomic mass is 9.89. The van der Waals surface area contributed by atoms with Crippen LogP contribution in [0.1, 0.15) is 20.8 Å². The molecular formula is C14H20N2S. The smallest absolute Gasteiger partial charge is 0.0733 e. The lowest BCUT2D eigenvalue weighted by Gasteiger charge is -2.26. The van der Waals surface area contributed by atoms with Gasteiger partial charge in [-0.15, -0.1) is 11.8 Å². The molecule has 0 bridgehead atoms. The summed E-state index contributed by atoms with van der Waals surface area (Å²) >= 11 is 1.80. The number of hydrogen-bond donors (Lipinski definition) is 2. The highest BCUT2D eigenvalue weighted by atomic mass is 32.2. The van der Waals surface area contributed by atoms with Gasteiger partial charge in [0.25, 0.3) is 0 Å². The Morgan fingerprint density at radius 3 is 2.65 bits per heavy atom. The van der Waals surface area contributed by atoms with Crippen LogP contribution in [0.3, 0.4) is 0 Å². The quantitative estimate of drug-likeness (QED) is 0.814. The third kappa shape index (κ3) is 3.05. The van der Waals surface area contributed by atoms with Crippen LogP contribution in [0.5, 0.6) is 0 Å². The van der Waals surface area contributed by atoms with E-state index in [1.807, 2.05) is 6.07 Å². The van der Waals surface area contributed by atoms with Crippen molar-refractivity contribution in [3.8, 4) is 0 Å². The number of benzene rings is 1. The number of nitrogens with two attached hydrogens (primary N) is 1. The number of rotatable bonds is 3. The zero-order valence-electron chi connectivity index (χ0n) is 10.7. The Balaban J connectivity index is 2.04. The van der Waals surface area contributed by atoms with Crippen molar-refractivity contribution in [2.75, 3.05) is 5.75 Å². The number of hydrogen-bond acceptors (Lipinski definition) is 2. The van der Waals surface area contributed by atoms with Gasteiger partial charge in [-0.3, -0.25) is 0 Å².